The van der Waals surface area contributed by atoms with Gasteiger partial charge in [0.1, 0.15) is 0 Å². The predicted octanol–water partition coefficient (Wildman–Crippen LogP) is 1.61. The lowest BCUT2D eigenvalue weighted by atomic mass is 10.1. The Morgan fingerprint density at radius 2 is 2.18 bits per heavy atom. The molecule has 0 saturated heterocycles. The van der Waals surface area contributed by atoms with Gasteiger partial charge in [-0.05, 0) is 23.8 Å². The zero-order valence-corrected chi connectivity index (χ0v) is 9.56. The molecule has 0 aromatic heterocycles. The van der Waals surface area contributed by atoms with Crippen LogP contribution in [0.3, 0.4) is 0 Å². The number of carbonyl (C=O) groups excluding carboxylic acids is 1. The molecule has 0 fully saturated rings. The second kappa shape index (κ2) is 4.78. The maximum absolute atomic E-state index is 11.0. The number of fused-ring (bicyclic) bond motifs is 1. The smallest absolute Gasteiger partial charge is 0.330 e. The molecule has 90 valence electrons. The van der Waals surface area contributed by atoms with Crippen molar-refractivity contribution < 1.29 is 23.7 Å². The van der Waals surface area contributed by atoms with E-state index in [1.165, 1.54) is 13.2 Å². The number of hydrogen-bond donors (Lipinski definition) is 0. The Bertz CT molecular complexity index is 464. The van der Waals surface area contributed by atoms with Gasteiger partial charge in [-0.1, -0.05) is 0 Å². The number of methoxy groups -OCH3 is 2. The Morgan fingerprint density at radius 1 is 1.35 bits per heavy atom. The van der Waals surface area contributed by atoms with Gasteiger partial charge in [0.25, 0.3) is 0 Å². The van der Waals surface area contributed by atoms with Crippen molar-refractivity contribution in [3.63, 3.8) is 0 Å². The Kier molecular flexibility index (Phi) is 3.18. The van der Waals surface area contributed by atoms with Crippen LogP contribution in [-0.2, 0) is 9.53 Å². The van der Waals surface area contributed by atoms with Gasteiger partial charge in [-0.3, -0.25) is 0 Å². The Labute approximate surface area is 98.5 Å². The van der Waals surface area contributed by atoms with Crippen molar-refractivity contribution in [1.82, 2.24) is 0 Å². The van der Waals surface area contributed by atoms with Crippen LogP contribution in [0.25, 0.3) is 6.08 Å². The normalized spacial score (nSPS) is 12.8. The first-order valence-corrected chi connectivity index (χ1v) is 4.98. The molecule has 1 aliphatic heterocycles. The Hall–Kier alpha value is -2.17. The third-order valence-electron chi connectivity index (χ3n) is 2.29. The van der Waals surface area contributed by atoms with Crippen LogP contribution in [-0.4, -0.2) is 27.0 Å². The molecule has 0 atom stereocenters. The van der Waals surface area contributed by atoms with Crippen molar-refractivity contribution in [3.8, 4) is 17.2 Å². The van der Waals surface area contributed by atoms with E-state index in [0.717, 1.165) is 5.56 Å². The third-order valence-corrected chi connectivity index (χ3v) is 2.29. The van der Waals surface area contributed by atoms with Gasteiger partial charge in [-0.25, -0.2) is 4.79 Å². The van der Waals surface area contributed by atoms with Gasteiger partial charge < -0.3 is 18.9 Å². The van der Waals surface area contributed by atoms with E-state index in [0.29, 0.717) is 17.2 Å². The molecule has 0 N–H and O–H groups in total. The summed E-state index contributed by atoms with van der Waals surface area (Å²) < 4.78 is 20.2. The van der Waals surface area contributed by atoms with Gasteiger partial charge >= 0.3 is 5.97 Å². The molecule has 1 aromatic rings. The fourth-order valence-corrected chi connectivity index (χ4v) is 1.48. The number of ether oxygens (including phenoxy) is 4. The van der Waals surface area contributed by atoms with E-state index in [4.69, 9.17) is 14.2 Å². The van der Waals surface area contributed by atoms with Crippen molar-refractivity contribution in [2.45, 2.75) is 0 Å². The van der Waals surface area contributed by atoms with Crippen LogP contribution in [0.4, 0.5) is 0 Å². The van der Waals surface area contributed by atoms with Crippen LogP contribution in [0, 0.1) is 0 Å². The lowest BCUT2D eigenvalue weighted by molar-refractivity contribution is -0.134. The summed E-state index contributed by atoms with van der Waals surface area (Å²) in [7, 11) is 2.87. The van der Waals surface area contributed by atoms with Crippen LogP contribution >= 0.6 is 0 Å². The lowest BCUT2D eigenvalue weighted by Crippen LogP contribution is -1.93. The highest BCUT2D eigenvalue weighted by Crippen LogP contribution is 2.41. The summed E-state index contributed by atoms with van der Waals surface area (Å²) in [4.78, 5) is 11.0. The first kappa shape index (κ1) is 11.3. The SMILES string of the molecule is COC(=O)C=Cc1cc(OC)c2c(c1)OCO2. The van der Waals surface area contributed by atoms with Crippen LogP contribution < -0.4 is 14.2 Å². The molecule has 2 rings (SSSR count). The summed E-state index contributed by atoms with van der Waals surface area (Å²) in [5.41, 5.74) is 0.775. The summed E-state index contributed by atoms with van der Waals surface area (Å²) in [6, 6.07) is 3.53. The molecular formula is C12H12O5. The van der Waals surface area contributed by atoms with E-state index < -0.39 is 5.97 Å². The second-order valence-electron chi connectivity index (χ2n) is 3.31. The monoisotopic (exact) mass is 236 g/mol. The first-order chi connectivity index (χ1) is 8.24. The maximum atomic E-state index is 11.0. The third kappa shape index (κ3) is 2.33. The minimum atomic E-state index is -0.415. The van der Waals surface area contributed by atoms with Gasteiger partial charge in [0.05, 0.1) is 14.2 Å². The van der Waals surface area contributed by atoms with E-state index in [9.17, 15) is 4.79 Å². The van der Waals surface area contributed by atoms with E-state index in [1.807, 2.05) is 0 Å². The second-order valence-corrected chi connectivity index (χ2v) is 3.31. The van der Waals surface area contributed by atoms with E-state index in [-0.39, 0.29) is 6.79 Å². The maximum Gasteiger partial charge on any atom is 0.330 e. The average molecular weight is 236 g/mol. The van der Waals surface area contributed by atoms with Gasteiger partial charge in [0.15, 0.2) is 11.5 Å². The molecular weight excluding hydrogens is 224 g/mol. The average Bonchev–Trinajstić information content (AvgIpc) is 2.82. The summed E-state index contributed by atoms with van der Waals surface area (Å²) in [5, 5.41) is 0. The van der Waals surface area contributed by atoms with Crippen molar-refractivity contribution in [1.29, 1.82) is 0 Å². The zero-order valence-electron chi connectivity index (χ0n) is 9.56. The van der Waals surface area contributed by atoms with Crippen molar-refractivity contribution >= 4 is 12.0 Å². The molecule has 1 aliphatic rings. The molecule has 0 amide bonds. The van der Waals surface area contributed by atoms with Crippen LogP contribution in [0.15, 0.2) is 18.2 Å². The molecule has 0 aliphatic carbocycles. The molecule has 1 heterocycles. The Morgan fingerprint density at radius 3 is 2.88 bits per heavy atom. The van der Waals surface area contributed by atoms with Gasteiger partial charge in [-0.2, -0.15) is 0 Å². The molecule has 0 spiro atoms. The summed E-state index contributed by atoms with van der Waals surface area (Å²) >= 11 is 0. The number of carbonyl (C=O) groups is 1. The van der Waals surface area contributed by atoms with E-state index in [1.54, 1.807) is 25.3 Å². The van der Waals surface area contributed by atoms with E-state index in [2.05, 4.69) is 4.74 Å². The highest BCUT2D eigenvalue weighted by molar-refractivity contribution is 5.87. The molecule has 5 nitrogen and oxygen atoms in total. The van der Waals surface area contributed by atoms with Crippen molar-refractivity contribution in [2.75, 3.05) is 21.0 Å². The van der Waals surface area contributed by atoms with Crippen LogP contribution in [0.2, 0.25) is 0 Å². The Balaban J connectivity index is 2.30. The number of benzene rings is 1. The minimum absolute atomic E-state index is 0.176. The highest BCUT2D eigenvalue weighted by Gasteiger charge is 2.19. The minimum Gasteiger partial charge on any atom is -0.493 e. The number of rotatable bonds is 3. The summed E-state index contributed by atoms with van der Waals surface area (Å²) in [6.45, 7) is 0.176. The fourth-order valence-electron chi connectivity index (χ4n) is 1.48. The van der Waals surface area contributed by atoms with Crippen molar-refractivity contribution in [2.24, 2.45) is 0 Å². The van der Waals surface area contributed by atoms with Gasteiger partial charge in [-0.15, -0.1) is 0 Å². The molecule has 0 radical (unpaired) electrons. The largest absolute Gasteiger partial charge is 0.493 e. The van der Waals surface area contributed by atoms with E-state index >= 15 is 0 Å². The summed E-state index contributed by atoms with van der Waals surface area (Å²) in [5.74, 6) is 1.35. The molecule has 5 heteroatoms. The molecule has 0 saturated carbocycles. The quantitative estimate of drug-likeness (QED) is 0.589. The lowest BCUT2D eigenvalue weighted by Gasteiger charge is -2.05. The zero-order chi connectivity index (χ0) is 12.3. The highest BCUT2D eigenvalue weighted by atomic mass is 16.7. The summed E-state index contributed by atoms with van der Waals surface area (Å²) in [6.07, 6.45) is 2.95. The van der Waals surface area contributed by atoms with Gasteiger partial charge in [0.2, 0.25) is 12.5 Å². The standard InChI is InChI=1S/C12H12O5/c1-14-9-5-8(3-4-11(13)15-2)6-10-12(9)17-7-16-10/h3-6H,7H2,1-2H3. The number of hydrogen-bond acceptors (Lipinski definition) is 5. The predicted molar refractivity (Wildman–Crippen MR) is 60.2 cm³/mol. The van der Waals surface area contributed by atoms with Crippen LogP contribution in [0.5, 0.6) is 17.2 Å². The topological polar surface area (TPSA) is 54.0 Å². The first-order valence-electron chi connectivity index (χ1n) is 4.98. The van der Waals surface area contributed by atoms with Gasteiger partial charge in [0, 0.05) is 6.08 Å². The van der Waals surface area contributed by atoms with Crippen molar-refractivity contribution in [3.05, 3.63) is 23.8 Å². The molecule has 0 unspecified atom stereocenters. The molecule has 1 aromatic carbocycles. The van der Waals surface area contributed by atoms with Crippen LogP contribution in [0.1, 0.15) is 5.56 Å². The number of esters is 1. The molecule has 17 heavy (non-hydrogen) atoms. The fraction of sp³-hybridized carbons (Fsp3) is 0.250. The molecule has 0 bridgehead atoms.